The fourth-order valence-electron chi connectivity index (χ4n) is 2.15. The van der Waals surface area contributed by atoms with Crippen LogP contribution in [-0.4, -0.2) is 29.3 Å². The van der Waals surface area contributed by atoms with Crippen LogP contribution in [0, 0.1) is 11.2 Å². The highest BCUT2D eigenvalue weighted by molar-refractivity contribution is 5.97. The van der Waals surface area contributed by atoms with Crippen molar-refractivity contribution in [2.24, 2.45) is 16.3 Å². The van der Waals surface area contributed by atoms with E-state index >= 15 is 0 Å². The van der Waals surface area contributed by atoms with Gasteiger partial charge in [-0.15, -0.1) is 0 Å². The van der Waals surface area contributed by atoms with Gasteiger partial charge in [-0.1, -0.05) is 31.1 Å². The van der Waals surface area contributed by atoms with Gasteiger partial charge in [-0.3, -0.25) is 0 Å². The maximum atomic E-state index is 13.9. The van der Waals surface area contributed by atoms with Gasteiger partial charge in [0.05, 0.1) is 0 Å². The smallest absolute Gasteiger partial charge is 0.170 e. The molecule has 0 saturated heterocycles. The number of rotatable bonds is 8. The van der Waals surface area contributed by atoms with Gasteiger partial charge in [0.25, 0.3) is 0 Å². The topological polar surface area (TPSA) is 90.9 Å². The molecular formula is C15H24FN3O2. The van der Waals surface area contributed by atoms with E-state index in [-0.39, 0.29) is 17.9 Å². The summed E-state index contributed by atoms with van der Waals surface area (Å²) in [5.41, 5.74) is 6.09. The molecule has 0 amide bonds. The van der Waals surface area contributed by atoms with Crippen LogP contribution >= 0.6 is 0 Å². The summed E-state index contributed by atoms with van der Waals surface area (Å²) in [6.45, 7) is 5.17. The Labute approximate surface area is 124 Å². The number of nitrogens with two attached hydrogens (primary N) is 1. The Balaban J connectivity index is 2.68. The lowest BCUT2D eigenvalue weighted by Gasteiger charge is -2.29. The number of oxime groups is 1. The van der Waals surface area contributed by atoms with Crippen molar-refractivity contribution in [1.29, 1.82) is 0 Å². The SMILES string of the molecule is CCC(CC)(CO)CNCc1ccc(/C(N)=N/O)cc1F. The highest BCUT2D eigenvalue weighted by Gasteiger charge is 2.24. The second-order valence-corrected chi connectivity index (χ2v) is 5.26. The first-order valence-electron chi connectivity index (χ1n) is 7.09. The highest BCUT2D eigenvalue weighted by Crippen LogP contribution is 2.24. The molecule has 118 valence electrons. The Morgan fingerprint density at radius 1 is 1.38 bits per heavy atom. The molecule has 0 fully saturated rings. The first kappa shape index (κ1) is 17.4. The molecule has 0 atom stereocenters. The van der Waals surface area contributed by atoms with Gasteiger partial charge < -0.3 is 21.4 Å². The lowest BCUT2D eigenvalue weighted by Crippen LogP contribution is -2.36. The molecule has 0 aromatic heterocycles. The summed E-state index contributed by atoms with van der Waals surface area (Å²) in [6, 6.07) is 4.45. The van der Waals surface area contributed by atoms with Crippen LogP contribution in [-0.2, 0) is 6.54 Å². The van der Waals surface area contributed by atoms with Gasteiger partial charge in [0.2, 0.25) is 0 Å². The van der Waals surface area contributed by atoms with Crippen molar-refractivity contribution in [2.75, 3.05) is 13.2 Å². The van der Waals surface area contributed by atoms with Gasteiger partial charge in [0.15, 0.2) is 5.84 Å². The third-order valence-corrected chi connectivity index (χ3v) is 4.11. The van der Waals surface area contributed by atoms with Crippen molar-refractivity contribution in [3.63, 3.8) is 0 Å². The van der Waals surface area contributed by atoms with E-state index in [0.29, 0.717) is 24.2 Å². The average molecular weight is 297 g/mol. The molecular weight excluding hydrogens is 273 g/mol. The van der Waals surface area contributed by atoms with Crippen molar-refractivity contribution in [3.8, 4) is 0 Å². The van der Waals surface area contributed by atoms with Gasteiger partial charge >= 0.3 is 0 Å². The predicted octanol–water partition coefficient (Wildman–Crippen LogP) is 1.81. The number of benzene rings is 1. The Kier molecular flexibility index (Phi) is 6.58. The summed E-state index contributed by atoms with van der Waals surface area (Å²) < 4.78 is 13.9. The first-order chi connectivity index (χ1) is 10.0. The molecule has 0 spiro atoms. The zero-order valence-corrected chi connectivity index (χ0v) is 12.6. The summed E-state index contributed by atoms with van der Waals surface area (Å²) in [7, 11) is 0. The third kappa shape index (κ3) is 4.41. The molecule has 0 radical (unpaired) electrons. The van der Waals surface area contributed by atoms with Crippen LogP contribution in [0.15, 0.2) is 23.4 Å². The predicted molar refractivity (Wildman–Crippen MR) is 80.7 cm³/mol. The van der Waals surface area contributed by atoms with Crippen molar-refractivity contribution >= 4 is 5.84 Å². The zero-order chi connectivity index (χ0) is 15.9. The quantitative estimate of drug-likeness (QED) is 0.255. The van der Waals surface area contributed by atoms with Crippen molar-refractivity contribution in [3.05, 3.63) is 35.1 Å². The van der Waals surface area contributed by atoms with Crippen molar-refractivity contribution in [2.45, 2.75) is 33.2 Å². The Bertz CT molecular complexity index is 480. The van der Waals surface area contributed by atoms with Crippen molar-refractivity contribution < 1.29 is 14.7 Å². The molecule has 6 heteroatoms. The van der Waals surface area contributed by atoms with Crippen LogP contribution in [0.2, 0.25) is 0 Å². The number of amidine groups is 1. The Hall–Kier alpha value is -1.66. The summed E-state index contributed by atoms with van der Waals surface area (Å²) >= 11 is 0. The van der Waals surface area contributed by atoms with Gasteiger partial charge in [-0.05, 0) is 18.9 Å². The molecule has 21 heavy (non-hydrogen) atoms. The van der Waals surface area contributed by atoms with Crippen LogP contribution in [0.1, 0.15) is 37.8 Å². The minimum atomic E-state index is -0.408. The number of nitrogens with zero attached hydrogens (tertiary/aromatic N) is 1. The monoisotopic (exact) mass is 297 g/mol. The molecule has 5 nitrogen and oxygen atoms in total. The van der Waals surface area contributed by atoms with E-state index in [0.717, 1.165) is 12.8 Å². The Morgan fingerprint density at radius 2 is 2.05 bits per heavy atom. The van der Waals surface area contributed by atoms with E-state index in [2.05, 4.69) is 10.5 Å². The maximum absolute atomic E-state index is 13.9. The van der Waals surface area contributed by atoms with E-state index in [1.807, 2.05) is 13.8 Å². The average Bonchev–Trinajstić information content (AvgIpc) is 2.52. The lowest BCUT2D eigenvalue weighted by molar-refractivity contribution is 0.113. The van der Waals surface area contributed by atoms with Crippen LogP contribution in [0.4, 0.5) is 4.39 Å². The molecule has 0 unspecified atom stereocenters. The number of nitrogens with one attached hydrogen (secondary N) is 1. The highest BCUT2D eigenvalue weighted by atomic mass is 19.1. The number of aliphatic hydroxyl groups excluding tert-OH is 1. The van der Waals surface area contributed by atoms with E-state index in [1.165, 1.54) is 6.07 Å². The molecule has 0 aliphatic carbocycles. The van der Waals surface area contributed by atoms with E-state index < -0.39 is 5.82 Å². The molecule has 1 aromatic rings. The maximum Gasteiger partial charge on any atom is 0.170 e. The normalized spacial score (nSPS) is 12.7. The standard InChI is InChI=1S/C15H24FN3O2/c1-3-15(4-2,10-20)9-18-8-12-6-5-11(7-13(12)16)14(17)19-21/h5-7,18,20-21H,3-4,8-10H2,1-2H3,(H2,17,19). The number of hydrogen-bond acceptors (Lipinski definition) is 4. The molecule has 0 aliphatic heterocycles. The Morgan fingerprint density at radius 3 is 2.52 bits per heavy atom. The first-order valence-corrected chi connectivity index (χ1v) is 7.09. The number of halogens is 1. The molecule has 0 aliphatic rings. The fourth-order valence-corrected chi connectivity index (χ4v) is 2.15. The van der Waals surface area contributed by atoms with Gasteiger partial charge in [-0.25, -0.2) is 4.39 Å². The molecule has 1 rings (SSSR count). The molecule has 0 saturated carbocycles. The van der Waals surface area contributed by atoms with Gasteiger partial charge in [-0.2, -0.15) is 0 Å². The minimum Gasteiger partial charge on any atom is -0.409 e. The van der Waals surface area contributed by atoms with E-state index in [4.69, 9.17) is 10.9 Å². The molecule has 0 bridgehead atoms. The molecule has 5 N–H and O–H groups in total. The third-order valence-electron chi connectivity index (χ3n) is 4.11. The van der Waals surface area contributed by atoms with Gasteiger partial charge in [0.1, 0.15) is 5.82 Å². The lowest BCUT2D eigenvalue weighted by atomic mass is 9.83. The number of aliphatic hydroxyl groups is 1. The second-order valence-electron chi connectivity index (χ2n) is 5.26. The summed E-state index contributed by atoms with van der Waals surface area (Å²) in [6.07, 6.45) is 1.72. The van der Waals surface area contributed by atoms with Gasteiger partial charge in [0, 0.05) is 36.2 Å². The fraction of sp³-hybridized carbons (Fsp3) is 0.533. The van der Waals surface area contributed by atoms with Crippen LogP contribution < -0.4 is 11.1 Å². The van der Waals surface area contributed by atoms with Crippen LogP contribution in [0.3, 0.4) is 0 Å². The zero-order valence-electron chi connectivity index (χ0n) is 12.6. The van der Waals surface area contributed by atoms with Crippen molar-refractivity contribution in [1.82, 2.24) is 5.32 Å². The molecule has 0 heterocycles. The number of hydrogen-bond donors (Lipinski definition) is 4. The summed E-state index contributed by atoms with van der Waals surface area (Å²) in [5, 5.41) is 24.1. The summed E-state index contributed by atoms with van der Waals surface area (Å²) in [4.78, 5) is 0. The second kappa shape index (κ2) is 7.95. The van der Waals surface area contributed by atoms with Crippen LogP contribution in [0.25, 0.3) is 0 Å². The van der Waals surface area contributed by atoms with E-state index in [1.54, 1.807) is 12.1 Å². The largest absolute Gasteiger partial charge is 0.409 e. The summed E-state index contributed by atoms with van der Waals surface area (Å²) in [5.74, 6) is -0.529. The van der Waals surface area contributed by atoms with Crippen LogP contribution in [0.5, 0.6) is 0 Å². The minimum absolute atomic E-state index is 0.109. The van der Waals surface area contributed by atoms with E-state index in [9.17, 15) is 9.50 Å². The molecule has 1 aromatic carbocycles.